The van der Waals surface area contributed by atoms with E-state index in [9.17, 15) is 9.18 Å². The Hall–Kier alpha value is -1.93. The van der Waals surface area contributed by atoms with Crippen LogP contribution in [0.1, 0.15) is 45.4 Å². The molecule has 1 aliphatic heterocycles. The van der Waals surface area contributed by atoms with Crippen LogP contribution in [-0.4, -0.2) is 45.2 Å². The molecule has 1 saturated heterocycles. The second-order valence-corrected chi connectivity index (χ2v) is 10.5. The molecule has 0 radical (unpaired) electrons. The summed E-state index contributed by atoms with van der Waals surface area (Å²) >= 11 is 1.40. The number of amides is 1. The van der Waals surface area contributed by atoms with Crippen LogP contribution >= 0.6 is 11.8 Å². The highest BCUT2D eigenvalue weighted by Gasteiger charge is 2.42. The molecule has 2 saturated carbocycles. The molecule has 6 nitrogen and oxygen atoms in total. The van der Waals surface area contributed by atoms with Gasteiger partial charge in [-0.3, -0.25) is 9.36 Å². The normalized spacial score (nSPS) is 27.7. The lowest BCUT2D eigenvalue weighted by molar-refractivity contribution is -0.119. The number of halogens is 1. The summed E-state index contributed by atoms with van der Waals surface area (Å²) in [4.78, 5) is 12.7. The number of thioether (sulfide) groups is 1. The maximum atomic E-state index is 13.4. The zero-order valence-corrected chi connectivity index (χ0v) is 19.3. The summed E-state index contributed by atoms with van der Waals surface area (Å²) in [5.41, 5.74) is 0.804. The van der Waals surface area contributed by atoms with Crippen LogP contribution in [0.25, 0.3) is 11.4 Å². The lowest BCUT2D eigenvalue weighted by Gasteiger charge is -2.28. The van der Waals surface area contributed by atoms with Crippen molar-refractivity contribution >= 4 is 17.7 Å². The van der Waals surface area contributed by atoms with Gasteiger partial charge in [-0.2, -0.15) is 0 Å². The van der Waals surface area contributed by atoms with Crippen molar-refractivity contribution in [2.24, 2.45) is 17.8 Å². The van der Waals surface area contributed by atoms with Crippen molar-refractivity contribution < 1.29 is 13.9 Å². The molecule has 1 N–H and O–H groups in total. The van der Waals surface area contributed by atoms with Gasteiger partial charge in [-0.1, -0.05) is 18.2 Å². The van der Waals surface area contributed by atoms with E-state index < -0.39 is 0 Å². The minimum absolute atomic E-state index is 0.0419. The second-order valence-electron chi connectivity index (χ2n) is 9.54. The topological polar surface area (TPSA) is 69.0 Å². The van der Waals surface area contributed by atoms with E-state index in [1.165, 1.54) is 49.6 Å². The molecule has 0 unspecified atom stereocenters. The van der Waals surface area contributed by atoms with Gasteiger partial charge in [0.2, 0.25) is 5.91 Å². The quantitative estimate of drug-likeness (QED) is 0.598. The van der Waals surface area contributed by atoms with Crippen LogP contribution in [0.15, 0.2) is 29.4 Å². The third-order valence-corrected chi connectivity index (χ3v) is 8.35. The SMILES string of the molecule is C[C@H](NC(=O)CSc1nnc(-c2ccc(F)cc2)n1C[C@H]1CCCO1)[C@@H]1C[C@H]2CC[C@H]1C2. The molecular formula is C24H31FN4O2S. The van der Waals surface area contributed by atoms with Crippen molar-refractivity contribution in [2.45, 2.75) is 69.3 Å². The molecule has 2 aromatic rings. The Bertz CT molecular complexity index is 944. The highest BCUT2D eigenvalue weighted by molar-refractivity contribution is 7.99. The summed E-state index contributed by atoms with van der Waals surface area (Å²) in [7, 11) is 0. The average molecular weight is 459 g/mol. The number of nitrogens with one attached hydrogen (secondary N) is 1. The first-order chi connectivity index (χ1) is 15.6. The van der Waals surface area contributed by atoms with E-state index in [0.29, 0.717) is 29.2 Å². The Morgan fingerprint density at radius 2 is 2.09 bits per heavy atom. The van der Waals surface area contributed by atoms with Gasteiger partial charge < -0.3 is 10.1 Å². The van der Waals surface area contributed by atoms with Gasteiger partial charge in [0.15, 0.2) is 11.0 Å². The first-order valence-electron chi connectivity index (χ1n) is 11.8. The van der Waals surface area contributed by atoms with Gasteiger partial charge in [0, 0.05) is 18.2 Å². The number of hydrogen-bond donors (Lipinski definition) is 1. The van der Waals surface area contributed by atoms with E-state index in [1.54, 1.807) is 12.1 Å². The van der Waals surface area contributed by atoms with E-state index in [4.69, 9.17) is 4.74 Å². The number of benzene rings is 1. The molecule has 8 heteroatoms. The summed E-state index contributed by atoms with van der Waals surface area (Å²) < 4.78 is 21.2. The Morgan fingerprint density at radius 1 is 1.25 bits per heavy atom. The first kappa shape index (κ1) is 21.9. The maximum Gasteiger partial charge on any atom is 0.230 e. The summed E-state index contributed by atoms with van der Waals surface area (Å²) in [6.07, 6.45) is 7.44. The van der Waals surface area contributed by atoms with Crippen LogP contribution < -0.4 is 5.32 Å². The zero-order chi connectivity index (χ0) is 22.1. The Labute approximate surface area is 192 Å². The smallest absolute Gasteiger partial charge is 0.230 e. The molecule has 2 heterocycles. The Kier molecular flexibility index (Phi) is 6.51. The third kappa shape index (κ3) is 4.71. The molecule has 2 aliphatic carbocycles. The van der Waals surface area contributed by atoms with Crippen molar-refractivity contribution in [1.82, 2.24) is 20.1 Å². The van der Waals surface area contributed by atoms with Crippen LogP contribution in [0.4, 0.5) is 4.39 Å². The number of carbonyl (C=O) groups is 1. The number of carbonyl (C=O) groups excluding carboxylic acids is 1. The molecule has 5 atom stereocenters. The Balaban J connectivity index is 1.25. The molecule has 32 heavy (non-hydrogen) atoms. The van der Waals surface area contributed by atoms with Crippen LogP contribution in [0.3, 0.4) is 0 Å². The Morgan fingerprint density at radius 3 is 2.78 bits per heavy atom. The van der Waals surface area contributed by atoms with E-state index in [1.807, 2.05) is 4.57 Å². The fraction of sp³-hybridized carbons (Fsp3) is 0.625. The number of ether oxygens (including phenoxy) is 1. The van der Waals surface area contributed by atoms with Gasteiger partial charge in [0.05, 0.1) is 18.4 Å². The zero-order valence-electron chi connectivity index (χ0n) is 18.5. The average Bonchev–Trinajstić information content (AvgIpc) is 3.59. The van der Waals surface area contributed by atoms with E-state index in [2.05, 4.69) is 22.4 Å². The molecule has 3 aliphatic rings. The van der Waals surface area contributed by atoms with Crippen molar-refractivity contribution in [3.63, 3.8) is 0 Å². The van der Waals surface area contributed by atoms with E-state index in [-0.39, 0.29) is 23.9 Å². The summed E-state index contributed by atoms with van der Waals surface area (Å²) in [5.74, 6) is 3.03. The molecule has 3 fully saturated rings. The number of rotatable bonds is 8. The summed E-state index contributed by atoms with van der Waals surface area (Å²) in [6, 6.07) is 6.50. The van der Waals surface area contributed by atoms with E-state index >= 15 is 0 Å². The maximum absolute atomic E-state index is 13.4. The molecule has 1 amide bonds. The lowest BCUT2D eigenvalue weighted by atomic mass is 9.84. The number of hydrogen-bond acceptors (Lipinski definition) is 5. The molecule has 1 aromatic heterocycles. The van der Waals surface area contributed by atoms with Crippen molar-refractivity contribution in [3.8, 4) is 11.4 Å². The van der Waals surface area contributed by atoms with Gasteiger partial charge in [-0.25, -0.2) is 4.39 Å². The molecule has 0 spiro atoms. The minimum Gasteiger partial charge on any atom is -0.376 e. The van der Waals surface area contributed by atoms with Gasteiger partial charge in [0.1, 0.15) is 5.82 Å². The van der Waals surface area contributed by atoms with Crippen molar-refractivity contribution in [1.29, 1.82) is 0 Å². The highest BCUT2D eigenvalue weighted by Crippen LogP contribution is 2.49. The largest absolute Gasteiger partial charge is 0.376 e. The predicted molar refractivity (Wildman–Crippen MR) is 122 cm³/mol. The molecule has 2 bridgehead atoms. The summed E-state index contributed by atoms with van der Waals surface area (Å²) in [5, 5.41) is 12.7. The molecule has 172 valence electrons. The molecule has 1 aromatic carbocycles. The lowest BCUT2D eigenvalue weighted by Crippen LogP contribution is -2.41. The van der Waals surface area contributed by atoms with E-state index in [0.717, 1.165) is 36.8 Å². The summed E-state index contributed by atoms with van der Waals surface area (Å²) in [6.45, 7) is 3.55. The predicted octanol–water partition coefficient (Wildman–Crippen LogP) is 4.30. The number of fused-ring (bicyclic) bond motifs is 2. The third-order valence-electron chi connectivity index (χ3n) is 7.39. The van der Waals surface area contributed by atoms with Gasteiger partial charge >= 0.3 is 0 Å². The minimum atomic E-state index is -0.283. The van der Waals surface area contributed by atoms with Gasteiger partial charge in [0.25, 0.3) is 0 Å². The van der Waals surface area contributed by atoms with Gasteiger partial charge in [-0.05, 0) is 81.0 Å². The molecule has 5 rings (SSSR count). The van der Waals surface area contributed by atoms with Crippen LogP contribution in [0.5, 0.6) is 0 Å². The van der Waals surface area contributed by atoms with Crippen molar-refractivity contribution in [2.75, 3.05) is 12.4 Å². The van der Waals surface area contributed by atoms with Crippen LogP contribution in [-0.2, 0) is 16.1 Å². The fourth-order valence-corrected chi connectivity index (χ4v) is 6.56. The second kappa shape index (κ2) is 9.51. The standard InChI is InChI=1S/C24H31FN4O2S/c1-15(21-12-16-4-5-18(21)11-16)26-22(30)14-32-24-28-27-23(17-6-8-19(25)9-7-17)29(24)13-20-3-2-10-31-20/h6-9,15-16,18,20-21H,2-5,10-14H2,1H3,(H,26,30)/t15-,16-,18-,20+,21-/m0/s1. The highest BCUT2D eigenvalue weighted by atomic mass is 32.2. The van der Waals surface area contributed by atoms with Crippen LogP contribution in [0, 0.1) is 23.6 Å². The number of aromatic nitrogens is 3. The van der Waals surface area contributed by atoms with Crippen molar-refractivity contribution in [3.05, 3.63) is 30.1 Å². The fourth-order valence-electron chi connectivity index (χ4n) is 5.80. The monoisotopic (exact) mass is 458 g/mol. The molecular weight excluding hydrogens is 427 g/mol. The van der Waals surface area contributed by atoms with Gasteiger partial charge in [-0.15, -0.1) is 10.2 Å². The van der Waals surface area contributed by atoms with Crippen LogP contribution in [0.2, 0.25) is 0 Å². The number of nitrogens with zero attached hydrogens (tertiary/aromatic N) is 3. The first-order valence-corrected chi connectivity index (χ1v) is 12.8.